The van der Waals surface area contributed by atoms with Crippen LogP contribution in [0.5, 0.6) is 0 Å². The molecule has 0 N–H and O–H groups in total. The second kappa shape index (κ2) is 22.1. The standard InChI is InChI=1S/C14H44O6Si7.8CH4/c1-21(2)15-27(14,17-22(3)16-23(4,5)6)20-26(12,13)19-25(10,11)18-24(7,8)9;;;;;;;;/h21-22H,1-14H3;8*1H4. The first-order valence-corrected chi connectivity index (χ1v) is 29.3. The van der Waals surface area contributed by atoms with Crippen LogP contribution in [0.3, 0.4) is 0 Å². The minimum atomic E-state index is -2.83. The van der Waals surface area contributed by atoms with Gasteiger partial charge in [-0.05, 0) is 85.1 Å². The zero-order valence-electron chi connectivity index (χ0n) is 20.1. The average molecular weight is 633 g/mol. The molecule has 0 heterocycles. The second-order valence-corrected chi connectivity index (χ2v) is 34.4. The van der Waals surface area contributed by atoms with Gasteiger partial charge in [0, 0.05) is 6.55 Å². The van der Waals surface area contributed by atoms with E-state index < -0.39 is 60.9 Å². The van der Waals surface area contributed by atoms with E-state index in [0.717, 1.165) is 0 Å². The zero-order valence-corrected chi connectivity index (χ0v) is 27.4. The van der Waals surface area contributed by atoms with E-state index in [1.165, 1.54) is 0 Å². The van der Waals surface area contributed by atoms with Crippen LogP contribution < -0.4 is 0 Å². The summed E-state index contributed by atoms with van der Waals surface area (Å²) in [6.45, 7) is 29.8. The van der Waals surface area contributed by atoms with Crippen molar-refractivity contribution < 1.29 is 24.7 Å². The molecule has 228 valence electrons. The summed E-state index contributed by atoms with van der Waals surface area (Å²) in [5, 5.41) is 0. The van der Waals surface area contributed by atoms with E-state index in [4.69, 9.17) is 24.7 Å². The molecular formula is C22H76O6Si7. The van der Waals surface area contributed by atoms with E-state index >= 15 is 0 Å². The maximum atomic E-state index is 6.56. The molecule has 0 bridgehead atoms. The Morgan fingerprint density at radius 3 is 1.03 bits per heavy atom. The Hall–Kier alpha value is 1.28. The Kier molecular flexibility index (Phi) is 38.4. The van der Waals surface area contributed by atoms with Crippen LogP contribution in [0.2, 0.25) is 91.7 Å². The summed E-state index contributed by atoms with van der Waals surface area (Å²) in [6.07, 6.45) is 0. The van der Waals surface area contributed by atoms with Crippen molar-refractivity contribution >= 4 is 60.9 Å². The van der Waals surface area contributed by atoms with Gasteiger partial charge in [0.05, 0.1) is 0 Å². The summed E-state index contributed by atoms with van der Waals surface area (Å²) in [6, 6.07) is 0. The maximum Gasteiger partial charge on any atom is 0.468 e. The van der Waals surface area contributed by atoms with Crippen LogP contribution >= 0.6 is 0 Å². The van der Waals surface area contributed by atoms with Crippen molar-refractivity contribution in [3.05, 3.63) is 0 Å². The van der Waals surface area contributed by atoms with Crippen LogP contribution in [-0.2, 0) is 24.7 Å². The molecule has 6 nitrogen and oxygen atoms in total. The van der Waals surface area contributed by atoms with Gasteiger partial charge in [0.2, 0.25) is 0 Å². The summed E-state index contributed by atoms with van der Waals surface area (Å²) in [4.78, 5) is 0. The highest BCUT2D eigenvalue weighted by Crippen LogP contribution is 2.26. The van der Waals surface area contributed by atoms with E-state index in [9.17, 15) is 0 Å². The smallest absolute Gasteiger partial charge is 0.439 e. The average Bonchev–Trinajstić information content (AvgIpc) is 2.14. The molecule has 2 atom stereocenters. The Balaban J connectivity index is -0.000000121. The highest BCUT2D eigenvalue weighted by molar-refractivity contribution is 6.89. The minimum Gasteiger partial charge on any atom is -0.439 e. The molecule has 0 amide bonds. The van der Waals surface area contributed by atoms with Gasteiger partial charge in [-0.25, -0.2) is 0 Å². The predicted octanol–water partition coefficient (Wildman–Crippen LogP) is 9.65. The van der Waals surface area contributed by atoms with Gasteiger partial charge in [-0.1, -0.05) is 59.4 Å². The lowest BCUT2D eigenvalue weighted by atomic mass is 11.8. The molecule has 0 aliphatic heterocycles. The highest BCUT2D eigenvalue weighted by Gasteiger charge is 2.48. The van der Waals surface area contributed by atoms with Gasteiger partial charge in [-0.2, -0.15) is 0 Å². The topological polar surface area (TPSA) is 55.4 Å². The van der Waals surface area contributed by atoms with Gasteiger partial charge in [-0.3, -0.25) is 0 Å². The van der Waals surface area contributed by atoms with Crippen molar-refractivity contribution in [2.45, 2.75) is 151 Å². The zero-order chi connectivity index (χ0) is 21.9. The molecule has 0 aliphatic rings. The Morgan fingerprint density at radius 2 is 0.743 bits per heavy atom. The van der Waals surface area contributed by atoms with E-state index in [1.54, 1.807) is 0 Å². The van der Waals surface area contributed by atoms with Gasteiger partial charge in [0.15, 0.2) is 25.7 Å². The Morgan fingerprint density at radius 1 is 0.400 bits per heavy atom. The van der Waals surface area contributed by atoms with E-state index in [2.05, 4.69) is 85.1 Å². The van der Waals surface area contributed by atoms with Crippen molar-refractivity contribution in [2.75, 3.05) is 0 Å². The molecular weight excluding hydrogens is 557 g/mol. The van der Waals surface area contributed by atoms with Crippen LogP contribution in [-0.4, -0.2) is 60.9 Å². The fraction of sp³-hybridized carbons (Fsp3) is 1.00. The van der Waals surface area contributed by atoms with E-state index in [0.29, 0.717) is 0 Å². The molecule has 0 aromatic rings. The lowest BCUT2D eigenvalue weighted by Crippen LogP contribution is -2.60. The predicted molar refractivity (Wildman–Crippen MR) is 186 cm³/mol. The number of rotatable bonds is 12. The van der Waals surface area contributed by atoms with Crippen LogP contribution in [0.25, 0.3) is 0 Å². The normalized spacial score (nSPS) is 13.8. The third kappa shape index (κ3) is 33.2. The summed E-state index contributed by atoms with van der Waals surface area (Å²) in [5.74, 6) is 0. The van der Waals surface area contributed by atoms with Crippen molar-refractivity contribution in [1.29, 1.82) is 0 Å². The molecule has 0 fully saturated rings. The molecule has 0 aromatic carbocycles. The molecule has 0 saturated carbocycles. The highest BCUT2D eigenvalue weighted by atomic mass is 28.5. The minimum absolute atomic E-state index is 0. The monoisotopic (exact) mass is 632 g/mol. The molecule has 0 radical (unpaired) electrons. The summed E-state index contributed by atoms with van der Waals surface area (Å²) >= 11 is 0. The first-order valence-electron chi connectivity index (χ1n) is 9.78. The first kappa shape index (κ1) is 60.7. The molecule has 13 heteroatoms. The third-order valence-corrected chi connectivity index (χ3v) is 25.4. The Labute approximate surface area is 235 Å². The van der Waals surface area contributed by atoms with Crippen molar-refractivity contribution in [3.8, 4) is 0 Å². The largest absolute Gasteiger partial charge is 0.468 e. The second-order valence-electron chi connectivity index (χ2n) is 10.2. The summed E-state index contributed by atoms with van der Waals surface area (Å²) in [5.41, 5.74) is 0. The SMILES string of the molecule is C.C.C.C.C.C.C.C.C[SiH](C)O[Si](C)(O[SiH](C)O[Si](C)(C)C)O[Si](C)(C)O[Si](C)(C)O[Si](C)(C)C. The summed E-state index contributed by atoms with van der Waals surface area (Å²) in [7, 11) is -14.1. The van der Waals surface area contributed by atoms with Crippen molar-refractivity contribution in [2.24, 2.45) is 0 Å². The molecule has 2 unspecified atom stereocenters. The van der Waals surface area contributed by atoms with Crippen LogP contribution in [0.15, 0.2) is 0 Å². The first-order chi connectivity index (χ1) is 11.6. The van der Waals surface area contributed by atoms with Crippen molar-refractivity contribution in [1.82, 2.24) is 0 Å². The molecule has 0 aliphatic carbocycles. The van der Waals surface area contributed by atoms with Crippen LogP contribution in [0.4, 0.5) is 0 Å². The summed E-state index contributed by atoms with van der Waals surface area (Å²) < 4.78 is 38.3. The van der Waals surface area contributed by atoms with Crippen LogP contribution in [0, 0.1) is 0 Å². The van der Waals surface area contributed by atoms with Crippen LogP contribution in [0.1, 0.15) is 59.4 Å². The maximum absolute atomic E-state index is 6.56. The third-order valence-electron chi connectivity index (χ3n) is 2.82. The fourth-order valence-corrected chi connectivity index (χ4v) is 30.9. The van der Waals surface area contributed by atoms with Gasteiger partial charge >= 0.3 is 35.2 Å². The Bertz CT molecular complexity index is 470. The van der Waals surface area contributed by atoms with Gasteiger partial charge in [0.1, 0.15) is 0 Å². The molecule has 0 aromatic heterocycles. The molecule has 0 spiro atoms. The molecule has 0 rings (SSSR count). The quantitative estimate of drug-likeness (QED) is 0.200. The lowest BCUT2D eigenvalue weighted by molar-refractivity contribution is 0.221. The van der Waals surface area contributed by atoms with Gasteiger partial charge in [0.25, 0.3) is 0 Å². The molecule has 0 saturated heterocycles. The van der Waals surface area contributed by atoms with E-state index in [1.807, 2.05) is 6.55 Å². The number of hydrogen-bond acceptors (Lipinski definition) is 6. The molecule has 35 heavy (non-hydrogen) atoms. The van der Waals surface area contributed by atoms with E-state index in [-0.39, 0.29) is 59.4 Å². The van der Waals surface area contributed by atoms with Crippen molar-refractivity contribution in [3.63, 3.8) is 0 Å². The number of hydrogen-bond donors (Lipinski definition) is 0. The lowest BCUT2D eigenvalue weighted by Gasteiger charge is -2.41. The van der Waals surface area contributed by atoms with Gasteiger partial charge in [-0.15, -0.1) is 0 Å². The van der Waals surface area contributed by atoms with Gasteiger partial charge < -0.3 is 24.7 Å². The fourth-order valence-electron chi connectivity index (χ4n) is 3.14.